The molecule has 0 atom stereocenters. The van der Waals surface area contributed by atoms with Crippen LogP contribution in [0.4, 0.5) is 13.2 Å². The lowest BCUT2D eigenvalue weighted by Crippen LogP contribution is -2.19. The predicted octanol–water partition coefficient (Wildman–Crippen LogP) is 2.65. The Morgan fingerprint density at radius 3 is 2.38 bits per heavy atom. The maximum absolute atomic E-state index is 12.0. The number of ether oxygens (including phenoxy) is 1. The van der Waals surface area contributed by atoms with Gasteiger partial charge in [-0.05, 0) is 17.7 Å². The molecular formula is C14H16F3N3O. The zero-order valence-electron chi connectivity index (χ0n) is 11.5. The summed E-state index contributed by atoms with van der Waals surface area (Å²) >= 11 is 0. The highest BCUT2D eigenvalue weighted by Crippen LogP contribution is 2.18. The van der Waals surface area contributed by atoms with E-state index in [1.54, 1.807) is 23.0 Å². The molecule has 1 heterocycles. The summed E-state index contributed by atoms with van der Waals surface area (Å²) in [6.07, 6.45) is -0.619. The van der Waals surface area contributed by atoms with Gasteiger partial charge in [0.15, 0.2) is 6.61 Å². The number of alkyl halides is 3. The molecule has 0 bridgehead atoms. The monoisotopic (exact) mass is 299 g/mol. The van der Waals surface area contributed by atoms with Gasteiger partial charge < -0.3 is 10.1 Å². The average molecular weight is 299 g/mol. The molecule has 0 radical (unpaired) electrons. The van der Waals surface area contributed by atoms with Crippen molar-refractivity contribution >= 4 is 0 Å². The van der Waals surface area contributed by atoms with Gasteiger partial charge in [0.2, 0.25) is 0 Å². The van der Waals surface area contributed by atoms with Crippen molar-refractivity contribution in [2.24, 2.45) is 7.05 Å². The summed E-state index contributed by atoms with van der Waals surface area (Å²) in [4.78, 5) is 0. The van der Waals surface area contributed by atoms with E-state index >= 15 is 0 Å². The lowest BCUT2D eigenvalue weighted by Gasteiger charge is -2.09. The smallest absolute Gasteiger partial charge is 0.422 e. The van der Waals surface area contributed by atoms with E-state index in [2.05, 4.69) is 15.2 Å². The number of aromatic nitrogens is 2. The number of hydrogen-bond acceptors (Lipinski definition) is 3. The van der Waals surface area contributed by atoms with Gasteiger partial charge in [0, 0.05) is 31.9 Å². The highest BCUT2D eigenvalue weighted by molar-refractivity contribution is 5.27. The Balaban J connectivity index is 1.77. The van der Waals surface area contributed by atoms with Crippen molar-refractivity contribution in [3.05, 3.63) is 47.8 Å². The third-order valence-corrected chi connectivity index (χ3v) is 2.74. The molecule has 0 saturated carbocycles. The molecule has 0 spiro atoms. The molecule has 1 aromatic carbocycles. The lowest BCUT2D eigenvalue weighted by atomic mass is 10.2. The van der Waals surface area contributed by atoms with E-state index in [9.17, 15) is 13.2 Å². The van der Waals surface area contributed by atoms with Crippen LogP contribution >= 0.6 is 0 Å². The van der Waals surface area contributed by atoms with Crippen molar-refractivity contribution in [2.45, 2.75) is 19.3 Å². The van der Waals surface area contributed by atoms with Crippen LogP contribution in [-0.2, 0) is 20.1 Å². The van der Waals surface area contributed by atoms with Crippen molar-refractivity contribution in [1.29, 1.82) is 0 Å². The second kappa shape index (κ2) is 6.62. The zero-order valence-corrected chi connectivity index (χ0v) is 11.5. The molecule has 7 heteroatoms. The zero-order chi connectivity index (χ0) is 15.3. The van der Waals surface area contributed by atoms with Gasteiger partial charge in [0.25, 0.3) is 0 Å². The number of halogens is 3. The number of hydrogen-bond donors (Lipinski definition) is 1. The minimum Gasteiger partial charge on any atom is -0.484 e. The molecular weight excluding hydrogens is 283 g/mol. The van der Waals surface area contributed by atoms with E-state index in [1.165, 1.54) is 12.1 Å². The second-order valence-corrected chi connectivity index (χ2v) is 4.67. The molecule has 2 rings (SSSR count). The molecule has 0 aliphatic carbocycles. The van der Waals surface area contributed by atoms with Crippen LogP contribution in [0.15, 0.2) is 36.7 Å². The minimum atomic E-state index is -4.32. The first-order chi connectivity index (χ1) is 9.92. The Labute approximate surface area is 120 Å². The van der Waals surface area contributed by atoms with E-state index in [1.807, 2.05) is 13.2 Å². The fourth-order valence-corrected chi connectivity index (χ4v) is 1.78. The third kappa shape index (κ3) is 5.47. The van der Waals surface area contributed by atoms with Crippen LogP contribution in [0.2, 0.25) is 0 Å². The van der Waals surface area contributed by atoms with E-state index in [4.69, 9.17) is 0 Å². The van der Waals surface area contributed by atoms with Crippen LogP contribution in [-0.4, -0.2) is 22.6 Å². The van der Waals surface area contributed by atoms with E-state index in [0.29, 0.717) is 13.1 Å². The third-order valence-electron chi connectivity index (χ3n) is 2.74. The van der Waals surface area contributed by atoms with E-state index in [0.717, 1.165) is 11.1 Å². The van der Waals surface area contributed by atoms with Crippen molar-refractivity contribution in [1.82, 2.24) is 15.1 Å². The first-order valence-corrected chi connectivity index (χ1v) is 6.39. The van der Waals surface area contributed by atoms with E-state index in [-0.39, 0.29) is 5.75 Å². The Hall–Kier alpha value is -2.02. The Morgan fingerprint density at radius 1 is 1.14 bits per heavy atom. The molecule has 0 fully saturated rings. The molecule has 0 aliphatic rings. The van der Waals surface area contributed by atoms with Crippen molar-refractivity contribution in [3.63, 3.8) is 0 Å². The highest BCUT2D eigenvalue weighted by atomic mass is 19.4. The predicted molar refractivity (Wildman–Crippen MR) is 71.7 cm³/mol. The molecule has 0 aliphatic heterocycles. The molecule has 21 heavy (non-hydrogen) atoms. The highest BCUT2D eigenvalue weighted by Gasteiger charge is 2.28. The summed E-state index contributed by atoms with van der Waals surface area (Å²) < 4.78 is 42.4. The maximum Gasteiger partial charge on any atom is 0.422 e. The molecule has 4 nitrogen and oxygen atoms in total. The molecule has 1 N–H and O–H groups in total. The average Bonchev–Trinajstić information content (AvgIpc) is 2.83. The second-order valence-electron chi connectivity index (χ2n) is 4.67. The Morgan fingerprint density at radius 2 is 1.81 bits per heavy atom. The van der Waals surface area contributed by atoms with Crippen LogP contribution in [0, 0.1) is 0 Å². The van der Waals surface area contributed by atoms with Gasteiger partial charge in [-0.15, -0.1) is 0 Å². The topological polar surface area (TPSA) is 39.1 Å². The molecule has 0 unspecified atom stereocenters. The van der Waals surface area contributed by atoms with Crippen LogP contribution < -0.4 is 10.1 Å². The van der Waals surface area contributed by atoms with Crippen LogP contribution in [0.1, 0.15) is 11.1 Å². The summed E-state index contributed by atoms with van der Waals surface area (Å²) in [5.74, 6) is 0.211. The Kier molecular flexibility index (Phi) is 4.85. The lowest BCUT2D eigenvalue weighted by molar-refractivity contribution is -0.153. The Bertz CT molecular complexity index is 564. The number of nitrogens with one attached hydrogen (secondary N) is 1. The molecule has 2 aromatic rings. The number of benzene rings is 1. The standard InChI is InChI=1S/C14H16F3N3O/c1-20-9-12(8-19-20)7-18-6-11-2-4-13(5-3-11)21-10-14(15,16)17/h2-5,8-9,18H,6-7,10H2,1H3. The van der Waals surface area contributed by atoms with Crippen LogP contribution in [0.3, 0.4) is 0 Å². The number of nitrogens with zero attached hydrogens (tertiary/aromatic N) is 2. The summed E-state index contributed by atoms with van der Waals surface area (Å²) in [5, 5.41) is 7.30. The van der Waals surface area contributed by atoms with E-state index < -0.39 is 12.8 Å². The summed E-state index contributed by atoms with van der Waals surface area (Å²) in [7, 11) is 1.85. The molecule has 0 saturated heterocycles. The molecule has 114 valence electrons. The summed E-state index contributed by atoms with van der Waals surface area (Å²) in [6.45, 7) is 0.0280. The summed E-state index contributed by atoms with van der Waals surface area (Å²) in [6, 6.07) is 6.55. The quantitative estimate of drug-likeness (QED) is 0.891. The van der Waals surface area contributed by atoms with Gasteiger partial charge in [0.05, 0.1) is 6.20 Å². The SMILES string of the molecule is Cn1cc(CNCc2ccc(OCC(F)(F)F)cc2)cn1. The minimum absolute atomic E-state index is 0.211. The maximum atomic E-state index is 12.0. The molecule has 1 aromatic heterocycles. The fraction of sp³-hybridized carbons (Fsp3) is 0.357. The van der Waals surface area contributed by atoms with Crippen LogP contribution in [0.25, 0.3) is 0 Å². The van der Waals surface area contributed by atoms with Crippen LogP contribution in [0.5, 0.6) is 5.75 Å². The summed E-state index contributed by atoms with van der Waals surface area (Å²) in [5.41, 5.74) is 2.04. The van der Waals surface area contributed by atoms with Gasteiger partial charge in [-0.1, -0.05) is 12.1 Å². The largest absolute Gasteiger partial charge is 0.484 e. The van der Waals surface area contributed by atoms with Gasteiger partial charge in [-0.3, -0.25) is 4.68 Å². The normalized spacial score (nSPS) is 11.6. The fourth-order valence-electron chi connectivity index (χ4n) is 1.78. The first kappa shape index (κ1) is 15.4. The van der Waals surface area contributed by atoms with Gasteiger partial charge in [-0.2, -0.15) is 18.3 Å². The number of aryl methyl sites for hydroxylation is 1. The van der Waals surface area contributed by atoms with Gasteiger partial charge >= 0.3 is 6.18 Å². The van der Waals surface area contributed by atoms with Gasteiger partial charge in [0.1, 0.15) is 5.75 Å². The van der Waals surface area contributed by atoms with Crippen molar-refractivity contribution in [2.75, 3.05) is 6.61 Å². The van der Waals surface area contributed by atoms with Crippen molar-refractivity contribution in [3.8, 4) is 5.75 Å². The van der Waals surface area contributed by atoms with Crippen molar-refractivity contribution < 1.29 is 17.9 Å². The van der Waals surface area contributed by atoms with Gasteiger partial charge in [-0.25, -0.2) is 0 Å². The number of rotatable bonds is 6. The molecule has 0 amide bonds. The first-order valence-electron chi connectivity index (χ1n) is 6.39.